The molecule has 0 fully saturated rings. The predicted molar refractivity (Wildman–Crippen MR) is 136 cm³/mol. The van der Waals surface area contributed by atoms with Gasteiger partial charge < -0.3 is 15.2 Å². The second kappa shape index (κ2) is 10.5. The third kappa shape index (κ3) is 5.46. The van der Waals surface area contributed by atoms with Gasteiger partial charge in [-0.3, -0.25) is 9.59 Å². The van der Waals surface area contributed by atoms with Crippen LogP contribution in [0.5, 0.6) is 0 Å². The summed E-state index contributed by atoms with van der Waals surface area (Å²) in [6.45, 7) is 6.45. The van der Waals surface area contributed by atoms with Crippen LogP contribution in [-0.2, 0) is 11.3 Å². The third-order valence-corrected chi connectivity index (χ3v) is 6.41. The van der Waals surface area contributed by atoms with Gasteiger partial charge in [-0.2, -0.15) is 0 Å². The molecule has 1 aromatic heterocycles. The molecule has 2 amide bonds. The maximum Gasteiger partial charge on any atom is 0.251 e. The number of carbonyl (C=O) groups excluding carboxylic acids is 2. The standard InChI is InChI=1S/C26H27N5O2S/c1-4-31-24(18(3)27-25(33)21-11-7-8-17(2)14-21)29-30-26(31)34-16-23(32)28-22-13-12-19-9-5-6-10-20(19)15-22/h5-15,18H,4,16H2,1-3H3,(H,27,33)(H,28,32)/t18-/m1/s1. The summed E-state index contributed by atoms with van der Waals surface area (Å²) in [5, 5.41) is 17.3. The van der Waals surface area contributed by atoms with Gasteiger partial charge in [0.25, 0.3) is 5.91 Å². The van der Waals surface area contributed by atoms with Gasteiger partial charge >= 0.3 is 0 Å². The second-order valence-electron chi connectivity index (χ2n) is 8.05. The van der Waals surface area contributed by atoms with E-state index in [4.69, 9.17) is 0 Å². The van der Waals surface area contributed by atoms with Gasteiger partial charge in [0.1, 0.15) is 0 Å². The fraction of sp³-hybridized carbons (Fsp3) is 0.231. The van der Waals surface area contributed by atoms with Gasteiger partial charge in [-0.25, -0.2) is 0 Å². The molecule has 4 rings (SSSR count). The molecule has 1 atom stereocenters. The van der Waals surface area contributed by atoms with E-state index in [-0.39, 0.29) is 23.6 Å². The van der Waals surface area contributed by atoms with E-state index in [0.717, 1.165) is 22.0 Å². The summed E-state index contributed by atoms with van der Waals surface area (Å²) in [6.07, 6.45) is 0. The molecule has 0 radical (unpaired) electrons. The quantitative estimate of drug-likeness (QED) is 0.352. The van der Waals surface area contributed by atoms with Crippen molar-refractivity contribution in [2.75, 3.05) is 11.1 Å². The number of anilines is 1. The van der Waals surface area contributed by atoms with Gasteiger partial charge in [0.15, 0.2) is 11.0 Å². The predicted octanol–water partition coefficient (Wildman–Crippen LogP) is 4.98. The van der Waals surface area contributed by atoms with Crippen molar-refractivity contribution in [1.82, 2.24) is 20.1 Å². The van der Waals surface area contributed by atoms with Crippen LogP contribution in [0, 0.1) is 6.92 Å². The fourth-order valence-electron chi connectivity index (χ4n) is 3.75. The van der Waals surface area contributed by atoms with E-state index in [1.807, 2.05) is 86.0 Å². The minimum atomic E-state index is -0.332. The van der Waals surface area contributed by atoms with Crippen LogP contribution in [0.4, 0.5) is 5.69 Å². The number of thioether (sulfide) groups is 1. The van der Waals surface area contributed by atoms with Crippen molar-refractivity contribution in [2.45, 2.75) is 38.5 Å². The van der Waals surface area contributed by atoms with E-state index in [9.17, 15) is 9.59 Å². The molecule has 0 aliphatic carbocycles. The molecular weight excluding hydrogens is 446 g/mol. The largest absolute Gasteiger partial charge is 0.342 e. The Labute approximate surface area is 203 Å². The highest BCUT2D eigenvalue weighted by molar-refractivity contribution is 7.99. The average Bonchev–Trinajstić information content (AvgIpc) is 3.26. The van der Waals surface area contributed by atoms with Gasteiger partial charge in [0.05, 0.1) is 11.8 Å². The first-order chi connectivity index (χ1) is 16.4. The first-order valence-corrected chi connectivity index (χ1v) is 12.1. The second-order valence-corrected chi connectivity index (χ2v) is 8.99. The minimum absolute atomic E-state index is 0.117. The minimum Gasteiger partial charge on any atom is -0.342 e. The first kappa shape index (κ1) is 23.5. The molecule has 0 saturated carbocycles. The Kier molecular flexibility index (Phi) is 7.27. The molecule has 34 heavy (non-hydrogen) atoms. The number of rotatable bonds is 8. The van der Waals surface area contributed by atoms with Gasteiger partial charge in [-0.1, -0.05) is 59.8 Å². The van der Waals surface area contributed by atoms with E-state index in [1.54, 1.807) is 6.07 Å². The number of nitrogens with zero attached hydrogens (tertiary/aromatic N) is 3. The van der Waals surface area contributed by atoms with Crippen molar-refractivity contribution >= 4 is 40.0 Å². The Morgan fingerprint density at radius 1 is 1.00 bits per heavy atom. The number of nitrogens with one attached hydrogen (secondary N) is 2. The van der Waals surface area contributed by atoms with Crippen LogP contribution < -0.4 is 10.6 Å². The normalized spacial score (nSPS) is 11.9. The van der Waals surface area contributed by atoms with Gasteiger partial charge in [-0.15, -0.1) is 10.2 Å². The SMILES string of the molecule is CCn1c(SCC(=O)Nc2ccc3ccccc3c2)nnc1[C@@H](C)NC(=O)c1cccc(C)c1. The lowest BCUT2D eigenvalue weighted by Gasteiger charge is -2.15. The van der Waals surface area contributed by atoms with Gasteiger partial charge in [0, 0.05) is 17.8 Å². The van der Waals surface area contributed by atoms with E-state index >= 15 is 0 Å². The number of amides is 2. The maximum absolute atomic E-state index is 12.6. The van der Waals surface area contributed by atoms with E-state index in [2.05, 4.69) is 20.8 Å². The van der Waals surface area contributed by atoms with Crippen molar-refractivity contribution in [3.05, 3.63) is 83.7 Å². The number of carbonyl (C=O) groups is 2. The van der Waals surface area contributed by atoms with Crippen LogP contribution in [0.1, 0.15) is 41.6 Å². The Balaban J connectivity index is 1.38. The summed E-state index contributed by atoms with van der Waals surface area (Å²) in [4.78, 5) is 25.2. The summed E-state index contributed by atoms with van der Waals surface area (Å²) in [7, 11) is 0. The van der Waals surface area contributed by atoms with Crippen molar-refractivity contribution in [3.8, 4) is 0 Å². The summed E-state index contributed by atoms with van der Waals surface area (Å²) in [5.41, 5.74) is 2.39. The third-order valence-electron chi connectivity index (χ3n) is 5.44. The molecule has 0 aliphatic heterocycles. The summed E-state index contributed by atoms with van der Waals surface area (Å²) in [5.74, 6) is 0.578. The lowest BCUT2D eigenvalue weighted by Crippen LogP contribution is -2.28. The molecule has 3 aromatic carbocycles. The molecular formula is C26H27N5O2S. The van der Waals surface area contributed by atoms with Crippen LogP contribution in [0.15, 0.2) is 71.9 Å². The number of aryl methyl sites for hydroxylation is 1. The topological polar surface area (TPSA) is 88.9 Å². The fourth-order valence-corrected chi connectivity index (χ4v) is 4.56. The number of hydrogen-bond acceptors (Lipinski definition) is 5. The smallest absolute Gasteiger partial charge is 0.251 e. The monoisotopic (exact) mass is 473 g/mol. The molecule has 0 aliphatic rings. The summed E-state index contributed by atoms with van der Waals surface area (Å²) < 4.78 is 1.93. The Hall–Kier alpha value is -3.65. The van der Waals surface area contributed by atoms with Crippen LogP contribution in [0.3, 0.4) is 0 Å². The Bertz CT molecular complexity index is 1330. The lowest BCUT2D eigenvalue weighted by molar-refractivity contribution is -0.113. The van der Waals surface area contributed by atoms with Crippen molar-refractivity contribution in [1.29, 1.82) is 0 Å². The molecule has 0 saturated heterocycles. The maximum atomic E-state index is 12.6. The van der Waals surface area contributed by atoms with Crippen molar-refractivity contribution in [3.63, 3.8) is 0 Å². The van der Waals surface area contributed by atoms with Crippen LogP contribution in [0.2, 0.25) is 0 Å². The Morgan fingerprint density at radius 3 is 2.56 bits per heavy atom. The zero-order valence-corrected chi connectivity index (χ0v) is 20.2. The summed E-state index contributed by atoms with van der Waals surface area (Å²) >= 11 is 1.32. The Morgan fingerprint density at radius 2 is 1.79 bits per heavy atom. The van der Waals surface area contributed by atoms with Gasteiger partial charge in [0.2, 0.25) is 5.91 Å². The molecule has 0 unspecified atom stereocenters. The molecule has 1 heterocycles. The molecule has 2 N–H and O–H groups in total. The van der Waals surface area contributed by atoms with Crippen molar-refractivity contribution in [2.24, 2.45) is 0 Å². The molecule has 0 spiro atoms. The average molecular weight is 474 g/mol. The van der Waals surface area contributed by atoms with Crippen LogP contribution in [0.25, 0.3) is 10.8 Å². The molecule has 174 valence electrons. The van der Waals surface area contributed by atoms with Crippen LogP contribution in [-0.4, -0.2) is 32.3 Å². The molecule has 4 aromatic rings. The number of aromatic nitrogens is 3. The molecule has 8 heteroatoms. The van der Waals surface area contributed by atoms with E-state index < -0.39 is 0 Å². The first-order valence-electron chi connectivity index (χ1n) is 11.2. The van der Waals surface area contributed by atoms with E-state index in [1.165, 1.54) is 11.8 Å². The highest BCUT2D eigenvalue weighted by atomic mass is 32.2. The van der Waals surface area contributed by atoms with E-state index in [0.29, 0.717) is 23.1 Å². The number of fused-ring (bicyclic) bond motifs is 1. The number of benzene rings is 3. The van der Waals surface area contributed by atoms with Crippen molar-refractivity contribution < 1.29 is 9.59 Å². The molecule has 7 nitrogen and oxygen atoms in total. The summed E-state index contributed by atoms with van der Waals surface area (Å²) in [6, 6.07) is 21.0. The zero-order valence-electron chi connectivity index (χ0n) is 19.4. The molecule has 0 bridgehead atoms. The number of hydrogen-bond donors (Lipinski definition) is 2. The van der Waals surface area contributed by atoms with Gasteiger partial charge in [-0.05, 0) is 55.8 Å². The highest BCUT2D eigenvalue weighted by Gasteiger charge is 2.20. The van der Waals surface area contributed by atoms with Crippen LogP contribution >= 0.6 is 11.8 Å². The zero-order chi connectivity index (χ0) is 24.1. The lowest BCUT2D eigenvalue weighted by atomic mass is 10.1. The highest BCUT2D eigenvalue weighted by Crippen LogP contribution is 2.22.